The molecule has 0 saturated heterocycles. The summed E-state index contributed by atoms with van der Waals surface area (Å²) in [6, 6.07) is -0.597. The molecule has 1 rings (SSSR count). The van der Waals surface area contributed by atoms with E-state index >= 15 is 0 Å². The molecule has 0 aliphatic carbocycles. The SMILES string of the molecule is Cc1nnc(C)n1C(C)C(=O)O. The van der Waals surface area contributed by atoms with E-state index in [9.17, 15) is 4.79 Å². The monoisotopic (exact) mass is 169 g/mol. The molecular formula is C7H11N3O2. The molecule has 1 aromatic rings. The van der Waals surface area contributed by atoms with Crippen molar-refractivity contribution in [3.8, 4) is 0 Å². The molecule has 1 N–H and O–H groups in total. The number of carbonyl (C=O) groups is 1. The number of hydrogen-bond acceptors (Lipinski definition) is 3. The minimum atomic E-state index is -0.874. The van der Waals surface area contributed by atoms with Gasteiger partial charge in [0.2, 0.25) is 0 Å². The van der Waals surface area contributed by atoms with Crippen molar-refractivity contribution >= 4 is 5.97 Å². The Morgan fingerprint density at radius 1 is 1.42 bits per heavy atom. The van der Waals surface area contributed by atoms with Crippen LogP contribution in [0.5, 0.6) is 0 Å². The Labute approximate surface area is 70.0 Å². The lowest BCUT2D eigenvalue weighted by atomic mass is 10.3. The summed E-state index contributed by atoms with van der Waals surface area (Å²) in [6.45, 7) is 5.07. The van der Waals surface area contributed by atoms with Crippen molar-refractivity contribution in [1.29, 1.82) is 0 Å². The van der Waals surface area contributed by atoms with Crippen molar-refractivity contribution in [3.05, 3.63) is 11.6 Å². The summed E-state index contributed by atoms with van der Waals surface area (Å²) in [5.74, 6) is 0.380. The quantitative estimate of drug-likeness (QED) is 0.701. The Kier molecular flexibility index (Phi) is 2.12. The summed E-state index contributed by atoms with van der Waals surface area (Å²) in [5.41, 5.74) is 0. The van der Waals surface area contributed by atoms with Gasteiger partial charge in [-0.05, 0) is 20.8 Å². The molecular weight excluding hydrogens is 158 g/mol. The molecule has 0 spiro atoms. The minimum Gasteiger partial charge on any atom is -0.480 e. The van der Waals surface area contributed by atoms with Gasteiger partial charge >= 0.3 is 5.97 Å². The van der Waals surface area contributed by atoms with Crippen molar-refractivity contribution in [1.82, 2.24) is 14.8 Å². The number of rotatable bonds is 2. The molecule has 66 valence electrons. The maximum absolute atomic E-state index is 10.6. The predicted molar refractivity (Wildman–Crippen MR) is 41.8 cm³/mol. The highest BCUT2D eigenvalue weighted by atomic mass is 16.4. The zero-order chi connectivity index (χ0) is 9.30. The fourth-order valence-corrected chi connectivity index (χ4v) is 1.15. The molecule has 0 aliphatic heterocycles. The highest BCUT2D eigenvalue weighted by molar-refractivity contribution is 5.71. The lowest BCUT2D eigenvalue weighted by Crippen LogP contribution is -2.17. The summed E-state index contributed by atoms with van der Waals surface area (Å²) in [6.07, 6.45) is 0. The molecule has 1 aromatic heterocycles. The second-order valence-electron chi connectivity index (χ2n) is 2.68. The fraction of sp³-hybridized carbons (Fsp3) is 0.571. The van der Waals surface area contributed by atoms with Crippen LogP contribution in [-0.4, -0.2) is 25.8 Å². The predicted octanol–water partition coefficient (Wildman–Crippen LogP) is 0.541. The molecule has 12 heavy (non-hydrogen) atoms. The average molecular weight is 169 g/mol. The zero-order valence-corrected chi connectivity index (χ0v) is 7.27. The Balaban J connectivity index is 3.08. The maximum Gasteiger partial charge on any atom is 0.326 e. The second-order valence-corrected chi connectivity index (χ2v) is 2.68. The molecule has 1 heterocycles. The van der Waals surface area contributed by atoms with Gasteiger partial charge in [0, 0.05) is 0 Å². The van der Waals surface area contributed by atoms with Crippen molar-refractivity contribution in [2.75, 3.05) is 0 Å². The molecule has 0 amide bonds. The number of hydrogen-bond donors (Lipinski definition) is 1. The molecule has 5 nitrogen and oxygen atoms in total. The summed E-state index contributed by atoms with van der Waals surface area (Å²) >= 11 is 0. The zero-order valence-electron chi connectivity index (χ0n) is 7.27. The van der Waals surface area contributed by atoms with Crippen LogP contribution in [0.2, 0.25) is 0 Å². The van der Waals surface area contributed by atoms with Crippen LogP contribution in [0.25, 0.3) is 0 Å². The molecule has 0 radical (unpaired) electrons. The Bertz CT molecular complexity index is 286. The third kappa shape index (κ3) is 1.30. The van der Waals surface area contributed by atoms with Crippen LogP contribution in [0.3, 0.4) is 0 Å². The Hall–Kier alpha value is -1.39. The molecule has 0 saturated carbocycles. The number of aliphatic carboxylic acids is 1. The number of aryl methyl sites for hydroxylation is 2. The molecule has 1 unspecified atom stereocenters. The van der Waals surface area contributed by atoms with Gasteiger partial charge in [0.05, 0.1) is 0 Å². The largest absolute Gasteiger partial charge is 0.480 e. The number of carboxylic acids is 1. The first-order valence-electron chi connectivity index (χ1n) is 3.65. The van der Waals surface area contributed by atoms with Crippen molar-refractivity contribution in [2.24, 2.45) is 0 Å². The normalized spacial score (nSPS) is 12.9. The third-order valence-corrected chi connectivity index (χ3v) is 1.78. The van der Waals surface area contributed by atoms with Gasteiger partial charge < -0.3 is 9.67 Å². The summed E-state index contributed by atoms with van der Waals surface area (Å²) in [5, 5.41) is 16.3. The van der Waals surface area contributed by atoms with Gasteiger partial charge in [-0.1, -0.05) is 0 Å². The fourth-order valence-electron chi connectivity index (χ4n) is 1.15. The first-order chi connectivity index (χ1) is 5.54. The molecule has 0 fully saturated rings. The van der Waals surface area contributed by atoms with Gasteiger partial charge in [0.25, 0.3) is 0 Å². The molecule has 0 aromatic carbocycles. The summed E-state index contributed by atoms with van der Waals surface area (Å²) in [7, 11) is 0. The first kappa shape index (κ1) is 8.70. The van der Waals surface area contributed by atoms with E-state index in [-0.39, 0.29) is 0 Å². The Morgan fingerprint density at radius 3 is 2.17 bits per heavy atom. The summed E-state index contributed by atoms with van der Waals surface area (Å²) < 4.78 is 1.59. The second kappa shape index (κ2) is 2.92. The van der Waals surface area contributed by atoms with Crippen LogP contribution in [-0.2, 0) is 4.79 Å². The van der Waals surface area contributed by atoms with Gasteiger partial charge in [-0.3, -0.25) is 0 Å². The number of aromatic nitrogens is 3. The van der Waals surface area contributed by atoms with Crippen LogP contribution in [0.4, 0.5) is 0 Å². The van der Waals surface area contributed by atoms with Crippen molar-refractivity contribution < 1.29 is 9.90 Å². The molecule has 5 heteroatoms. The van der Waals surface area contributed by atoms with Crippen LogP contribution >= 0.6 is 0 Å². The standard InChI is InChI=1S/C7H11N3O2/c1-4(7(11)12)10-5(2)8-9-6(10)3/h4H,1-3H3,(H,11,12). The van der Waals surface area contributed by atoms with Crippen LogP contribution in [0, 0.1) is 13.8 Å². The van der Waals surface area contributed by atoms with Gasteiger partial charge in [-0.25, -0.2) is 4.79 Å². The van der Waals surface area contributed by atoms with E-state index in [1.54, 1.807) is 25.3 Å². The molecule has 0 aliphatic rings. The number of nitrogens with zero attached hydrogens (tertiary/aromatic N) is 3. The van der Waals surface area contributed by atoms with Gasteiger partial charge in [-0.15, -0.1) is 10.2 Å². The van der Waals surface area contributed by atoms with Gasteiger partial charge in [0.15, 0.2) is 0 Å². The number of carboxylic acid groups (broad SMARTS) is 1. The smallest absolute Gasteiger partial charge is 0.326 e. The van der Waals surface area contributed by atoms with Crippen LogP contribution in [0.1, 0.15) is 24.6 Å². The maximum atomic E-state index is 10.6. The molecule has 1 atom stereocenters. The van der Waals surface area contributed by atoms with Crippen LogP contribution in [0.15, 0.2) is 0 Å². The van der Waals surface area contributed by atoms with Crippen molar-refractivity contribution in [2.45, 2.75) is 26.8 Å². The highest BCUT2D eigenvalue weighted by Gasteiger charge is 2.17. The van der Waals surface area contributed by atoms with Crippen molar-refractivity contribution in [3.63, 3.8) is 0 Å². The average Bonchev–Trinajstić information content (AvgIpc) is 2.30. The van der Waals surface area contributed by atoms with E-state index < -0.39 is 12.0 Å². The molecule has 0 bridgehead atoms. The topological polar surface area (TPSA) is 68.0 Å². The van der Waals surface area contributed by atoms with E-state index in [0.29, 0.717) is 11.6 Å². The van der Waals surface area contributed by atoms with Crippen LogP contribution < -0.4 is 0 Å². The lowest BCUT2D eigenvalue weighted by Gasteiger charge is -2.10. The van der Waals surface area contributed by atoms with E-state index in [0.717, 1.165) is 0 Å². The van der Waals surface area contributed by atoms with E-state index in [4.69, 9.17) is 5.11 Å². The summed E-state index contributed by atoms with van der Waals surface area (Å²) in [4.78, 5) is 10.6. The van der Waals surface area contributed by atoms with E-state index in [2.05, 4.69) is 10.2 Å². The van der Waals surface area contributed by atoms with E-state index in [1.165, 1.54) is 0 Å². The third-order valence-electron chi connectivity index (χ3n) is 1.78. The lowest BCUT2D eigenvalue weighted by molar-refractivity contribution is -0.140. The minimum absolute atomic E-state index is 0.597. The highest BCUT2D eigenvalue weighted by Crippen LogP contribution is 2.10. The first-order valence-corrected chi connectivity index (χ1v) is 3.65. The van der Waals surface area contributed by atoms with Gasteiger partial charge in [0.1, 0.15) is 17.7 Å². The van der Waals surface area contributed by atoms with Gasteiger partial charge in [-0.2, -0.15) is 0 Å². The van der Waals surface area contributed by atoms with E-state index in [1.807, 2.05) is 0 Å². The Morgan fingerprint density at radius 2 is 1.83 bits per heavy atom.